The van der Waals surface area contributed by atoms with Gasteiger partial charge < -0.3 is 11.1 Å². The van der Waals surface area contributed by atoms with Gasteiger partial charge in [0.25, 0.3) is 0 Å². The number of pyridine rings is 1. The van der Waals surface area contributed by atoms with Crippen LogP contribution in [0.2, 0.25) is 0 Å². The van der Waals surface area contributed by atoms with Gasteiger partial charge in [-0.1, -0.05) is 36.4 Å². The first-order valence-electron chi connectivity index (χ1n) is 7.32. The van der Waals surface area contributed by atoms with Crippen LogP contribution in [0.1, 0.15) is 17.7 Å². The lowest BCUT2D eigenvalue weighted by molar-refractivity contribution is 0.801. The van der Waals surface area contributed by atoms with Crippen molar-refractivity contribution in [2.75, 3.05) is 13.1 Å². The molecule has 0 aliphatic rings. The lowest BCUT2D eigenvalue weighted by atomic mass is 10.1. The summed E-state index contributed by atoms with van der Waals surface area (Å²) in [5.41, 5.74) is 8.24. The van der Waals surface area contributed by atoms with Gasteiger partial charge in [0.05, 0.1) is 0 Å². The van der Waals surface area contributed by atoms with Gasteiger partial charge in [-0.3, -0.25) is 9.98 Å². The number of rotatable bonds is 7. The molecule has 0 saturated heterocycles. The van der Waals surface area contributed by atoms with E-state index in [1.165, 1.54) is 5.56 Å². The number of hydrogen-bond donors (Lipinski definition) is 2. The topological polar surface area (TPSA) is 63.3 Å². The molecule has 0 spiro atoms. The maximum Gasteiger partial charge on any atom is 0.188 e. The molecule has 2 rings (SSSR count). The van der Waals surface area contributed by atoms with Crippen molar-refractivity contribution >= 4 is 5.96 Å². The number of guanidine groups is 1. The van der Waals surface area contributed by atoms with E-state index < -0.39 is 0 Å². The molecule has 1 aromatic heterocycles. The molecule has 0 aliphatic heterocycles. The molecule has 4 heteroatoms. The standard InChI is InChI=1S/C17H22N4/c18-17(21-14-11-16-10-4-5-12-19-16)20-13-6-9-15-7-2-1-3-8-15/h1-5,7-8,10,12H,6,9,11,13-14H2,(H3,18,20,21). The van der Waals surface area contributed by atoms with Crippen LogP contribution >= 0.6 is 0 Å². The minimum atomic E-state index is 0.513. The molecule has 1 heterocycles. The number of aliphatic imine (C=N–C) groups is 1. The number of nitrogens with two attached hydrogens (primary N) is 1. The minimum Gasteiger partial charge on any atom is -0.370 e. The zero-order valence-electron chi connectivity index (χ0n) is 12.2. The Balaban J connectivity index is 1.61. The Hall–Kier alpha value is -2.36. The molecular weight excluding hydrogens is 260 g/mol. The first-order valence-corrected chi connectivity index (χ1v) is 7.32. The van der Waals surface area contributed by atoms with E-state index in [0.717, 1.165) is 38.0 Å². The van der Waals surface area contributed by atoms with E-state index in [2.05, 4.69) is 39.6 Å². The summed E-state index contributed by atoms with van der Waals surface area (Å²) in [6.45, 7) is 1.50. The van der Waals surface area contributed by atoms with Gasteiger partial charge in [-0.2, -0.15) is 0 Å². The summed E-state index contributed by atoms with van der Waals surface area (Å²) in [5.74, 6) is 0.513. The molecule has 1 aromatic carbocycles. The third kappa shape index (κ3) is 6.08. The zero-order valence-corrected chi connectivity index (χ0v) is 12.2. The normalized spacial score (nSPS) is 11.3. The molecule has 110 valence electrons. The highest BCUT2D eigenvalue weighted by molar-refractivity contribution is 5.77. The number of aromatic nitrogens is 1. The predicted molar refractivity (Wildman–Crippen MR) is 87.2 cm³/mol. The van der Waals surface area contributed by atoms with Crippen LogP contribution in [-0.2, 0) is 12.8 Å². The molecule has 0 aliphatic carbocycles. The summed E-state index contributed by atoms with van der Waals surface area (Å²) >= 11 is 0. The maximum atomic E-state index is 5.84. The second kappa shape index (κ2) is 8.74. The molecule has 0 unspecified atom stereocenters. The van der Waals surface area contributed by atoms with Crippen molar-refractivity contribution in [2.45, 2.75) is 19.3 Å². The second-order valence-electron chi connectivity index (χ2n) is 4.85. The van der Waals surface area contributed by atoms with Crippen molar-refractivity contribution < 1.29 is 0 Å². The van der Waals surface area contributed by atoms with Crippen molar-refractivity contribution in [1.29, 1.82) is 0 Å². The minimum absolute atomic E-state index is 0.513. The zero-order chi connectivity index (χ0) is 14.8. The molecule has 0 radical (unpaired) electrons. The van der Waals surface area contributed by atoms with Crippen LogP contribution in [0.5, 0.6) is 0 Å². The molecule has 2 aromatic rings. The Morgan fingerprint density at radius 1 is 1.05 bits per heavy atom. The highest BCUT2D eigenvalue weighted by Gasteiger charge is 1.95. The van der Waals surface area contributed by atoms with Crippen LogP contribution in [0.15, 0.2) is 59.7 Å². The Morgan fingerprint density at radius 2 is 1.86 bits per heavy atom. The summed E-state index contributed by atoms with van der Waals surface area (Å²) < 4.78 is 0. The van der Waals surface area contributed by atoms with E-state index in [1.807, 2.05) is 24.3 Å². The largest absolute Gasteiger partial charge is 0.370 e. The molecule has 0 saturated carbocycles. The van der Waals surface area contributed by atoms with E-state index in [-0.39, 0.29) is 0 Å². The van der Waals surface area contributed by atoms with Gasteiger partial charge in [0, 0.05) is 31.4 Å². The predicted octanol–water partition coefficient (Wildman–Crippen LogP) is 2.16. The lowest BCUT2D eigenvalue weighted by Gasteiger charge is -2.05. The third-order valence-electron chi connectivity index (χ3n) is 3.16. The Bertz CT molecular complexity index is 537. The van der Waals surface area contributed by atoms with Crippen molar-refractivity contribution in [3.63, 3.8) is 0 Å². The van der Waals surface area contributed by atoms with Gasteiger partial charge in [0.2, 0.25) is 0 Å². The summed E-state index contributed by atoms with van der Waals surface area (Å²) in [6.07, 6.45) is 4.69. The molecule has 0 amide bonds. The van der Waals surface area contributed by atoms with E-state index in [0.29, 0.717) is 5.96 Å². The summed E-state index contributed by atoms with van der Waals surface area (Å²) in [5, 5.41) is 3.12. The van der Waals surface area contributed by atoms with Gasteiger partial charge in [-0.15, -0.1) is 0 Å². The molecular formula is C17H22N4. The number of nitrogens with one attached hydrogen (secondary N) is 1. The smallest absolute Gasteiger partial charge is 0.188 e. The first kappa shape index (κ1) is 15.0. The van der Waals surface area contributed by atoms with Gasteiger partial charge in [-0.05, 0) is 30.5 Å². The average Bonchev–Trinajstić information content (AvgIpc) is 2.54. The summed E-state index contributed by atoms with van der Waals surface area (Å²) in [6, 6.07) is 16.3. The fourth-order valence-corrected chi connectivity index (χ4v) is 2.05. The molecule has 4 nitrogen and oxygen atoms in total. The van der Waals surface area contributed by atoms with Crippen molar-refractivity contribution in [2.24, 2.45) is 10.7 Å². The number of benzene rings is 1. The van der Waals surface area contributed by atoms with Crippen LogP contribution in [0, 0.1) is 0 Å². The molecule has 21 heavy (non-hydrogen) atoms. The fraction of sp³-hybridized carbons (Fsp3) is 0.294. The van der Waals surface area contributed by atoms with Gasteiger partial charge in [0.15, 0.2) is 5.96 Å². The van der Waals surface area contributed by atoms with E-state index in [1.54, 1.807) is 6.20 Å². The van der Waals surface area contributed by atoms with Crippen molar-refractivity contribution in [3.05, 3.63) is 66.0 Å². The average molecular weight is 282 g/mol. The van der Waals surface area contributed by atoms with E-state index >= 15 is 0 Å². The quantitative estimate of drug-likeness (QED) is 0.465. The first-order chi connectivity index (χ1) is 10.3. The van der Waals surface area contributed by atoms with Gasteiger partial charge in [-0.25, -0.2) is 0 Å². The number of nitrogens with zero attached hydrogens (tertiary/aromatic N) is 2. The van der Waals surface area contributed by atoms with Gasteiger partial charge in [0.1, 0.15) is 0 Å². The third-order valence-corrected chi connectivity index (χ3v) is 3.16. The fourth-order valence-electron chi connectivity index (χ4n) is 2.05. The van der Waals surface area contributed by atoms with Crippen LogP contribution < -0.4 is 11.1 Å². The van der Waals surface area contributed by atoms with Gasteiger partial charge >= 0.3 is 0 Å². The van der Waals surface area contributed by atoms with Crippen LogP contribution in [0.25, 0.3) is 0 Å². The Kier molecular flexibility index (Phi) is 6.26. The van der Waals surface area contributed by atoms with E-state index in [4.69, 9.17) is 5.73 Å². The highest BCUT2D eigenvalue weighted by Crippen LogP contribution is 2.02. The van der Waals surface area contributed by atoms with Crippen molar-refractivity contribution in [1.82, 2.24) is 10.3 Å². The molecule has 0 fully saturated rings. The second-order valence-corrected chi connectivity index (χ2v) is 4.85. The summed E-state index contributed by atoms with van der Waals surface area (Å²) in [7, 11) is 0. The molecule has 0 atom stereocenters. The van der Waals surface area contributed by atoms with Crippen LogP contribution in [0.3, 0.4) is 0 Å². The van der Waals surface area contributed by atoms with E-state index in [9.17, 15) is 0 Å². The van der Waals surface area contributed by atoms with Crippen molar-refractivity contribution in [3.8, 4) is 0 Å². The number of hydrogen-bond acceptors (Lipinski definition) is 2. The van der Waals surface area contributed by atoms with Crippen LogP contribution in [0.4, 0.5) is 0 Å². The Labute approximate surface area is 126 Å². The Morgan fingerprint density at radius 3 is 2.62 bits per heavy atom. The lowest BCUT2D eigenvalue weighted by Crippen LogP contribution is -2.33. The monoisotopic (exact) mass is 282 g/mol. The summed E-state index contributed by atoms with van der Waals surface area (Å²) in [4.78, 5) is 8.60. The van der Waals surface area contributed by atoms with Crippen LogP contribution in [-0.4, -0.2) is 24.0 Å². The highest BCUT2D eigenvalue weighted by atomic mass is 15.1. The maximum absolute atomic E-state index is 5.84. The molecule has 0 bridgehead atoms. The molecule has 3 N–H and O–H groups in total. The number of aryl methyl sites for hydroxylation is 1. The SMILES string of the molecule is NC(=NCCCc1ccccc1)NCCc1ccccn1.